The van der Waals surface area contributed by atoms with E-state index in [1.807, 2.05) is 0 Å². The molecular formula is C25H41F. The van der Waals surface area contributed by atoms with E-state index in [9.17, 15) is 4.39 Å². The molecule has 1 heteroatoms. The van der Waals surface area contributed by atoms with Gasteiger partial charge in [-0.1, -0.05) is 33.6 Å². The number of hydrogen-bond donors (Lipinski definition) is 0. The van der Waals surface area contributed by atoms with E-state index in [0.717, 1.165) is 65.6 Å². The molecule has 5 fully saturated rings. The summed E-state index contributed by atoms with van der Waals surface area (Å²) in [6.07, 6.45) is 14.1. The van der Waals surface area contributed by atoms with Crippen molar-refractivity contribution in [2.75, 3.05) is 6.67 Å². The molecule has 0 N–H and O–H groups in total. The molecular weight excluding hydrogens is 319 g/mol. The molecule has 0 radical (unpaired) electrons. The molecule has 5 aliphatic rings. The van der Waals surface area contributed by atoms with Gasteiger partial charge in [-0.05, 0) is 116 Å². The maximum absolute atomic E-state index is 12.9. The third kappa shape index (κ3) is 2.43. The number of alkyl halides is 1. The van der Waals surface area contributed by atoms with Crippen molar-refractivity contribution in [2.24, 2.45) is 64.6 Å². The lowest BCUT2D eigenvalue weighted by atomic mass is 9.47. The number of rotatable bonds is 4. The van der Waals surface area contributed by atoms with Gasteiger partial charge >= 0.3 is 0 Å². The van der Waals surface area contributed by atoms with Crippen LogP contribution in [0.15, 0.2) is 0 Å². The molecule has 0 bridgehead atoms. The Balaban J connectivity index is 1.37. The molecule has 0 nitrogen and oxygen atoms in total. The van der Waals surface area contributed by atoms with Crippen LogP contribution in [-0.2, 0) is 0 Å². The Morgan fingerprint density at radius 3 is 2.54 bits per heavy atom. The monoisotopic (exact) mass is 360 g/mol. The highest BCUT2D eigenvalue weighted by atomic mass is 19.1. The molecule has 5 aliphatic carbocycles. The zero-order valence-electron chi connectivity index (χ0n) is 17.4. The van der Waals surface area contributed by atoms with E-state index < -0.39 is 0 Å². The molecule has 0 spiro atoms. The van der Waals surface area contributed by atoms with Gasteiger partial charge in [0.05, 0.1) is 6.67 Å². The molecule has 26 heavy (non-hydrogen) atoms. The summed E-state index contributed by atoms with van der Waals surface area (Å²) in [4.78, 5) is 0. The maximum atomic E-state index is 12.9. The van der Waals surface area contributed by atoms with Crippen molar-refractivity contribution in [1.29, 1.82) is 0 Å². The highest BCUT2D eigenvalue weighted by molar-refractivity contribution is 5.19. The standard InChI is InChI=1S/C25H41F/c1-4-16-7-9-18-17(14-16)8-10-20-19(18)11-12-25(3)21(6-5-13-26)22-15(2)23(22)24(20)25/h15-24H,4-14H2,1-3H3/t15-,16?,17?,18?,19?,20?,21?,22?,23?,24?,25?/m1/s1. The third-order valence-corrected chi connectivity index (χ3v) is 10.8. The van der Waals surface area contributed by atoms with Gasteiger partial charge < -0.3 is 0 Å². The minimum Gasteiger partial charge on any atom is -0.251 e. The van der Waals surface area contributed by atoms with Gasteiger partial charge in [0, 0.05) is 0 Å². The van der Waals surface area contributed by atoms with Crippen molar-refractivity contribution in [3.05, 3.63) is 0 Å². The summed E-state index contributed by atoms with van der Waals surface area (Å²) in [5, 5.41) is 0. The summed E-state index contributed by atoms with van der Waals surface area (Å²) in [6, 6.07) is 0. The number of halogens is 1. The Morgan fingerprint density at radius 1 is 0.962 bits per heavy atom. The molecule has 0 aromatic rings. The topological polar surface area (TPSA) is 0 Å². The zero-order chi connectivity index (χ0) is 18.1. The minimum atomic E-state index is -0.0998. The van der Waals surface area contributed by atoms with E-state index in [1.54, 1.807) is 12.8 Å². The van der Waals surface area contributed by atoms with Crippen molar-refractivity contribution in [2.45, 2.75) is 85.0 Å². The van der Waals surface area contributed by atoms with Gasteiger partial charge in [-0.3, -0.25) is 4.39 Å². The molecule has 0 saturated heterocycles. The first kappa shape index (κ1) is 18.0. The van der Waals surface area contributed by atoms with Crippen LogP contribution in [0, 0.1) is 64.6 Å². The molecule has 10 unspecified atom stereocenters. The Labute approximate surface area is 161 Å². The van der Waals surface area contributed by atoms with Crippen molar-refractivity contribution in [3.8, 4) is 0 Å². The summed E-state index contributed by atoms with van der Waals surface area (Å²) in [6.45, 7) is 7.49. The maximum Gasteiger partial charge on any atom is 0.0894 e. The fourth-order valence-electron chi connectivity index (χ4n) is 9.74. The predicted molar refractivity (Wildman–Crippen MR) is 107 cm³/mol. The first-order valence-electron chi connectivity index (χ1n) is 12.2. The Bertz CT molecular complexity index is 528. The van der Waals surface area contributed by atoms with Gasteiger partial charge in [-0.15, -0.1) is 0 Å². The second kappa shape index (κ2) is 6.48. The SMILES string of the molecule is CCC1CCC2C(CCC3C2CCC2(C)C(CCCF)C4C(C32)[C@@H]4C)C1. The average molecular weight is 361 g/mol. The van der Waals surface area contributed by atoms with Gasteiger partial charge in [0.15, 0.2) is 0 Å². The van der Waals surface area contributed by atoms with Crippen LogP contribution in [0.5, 0.6) is 0 Å². The van der Waals surface area contributed by atoms with E-state index in [4.69, 9.17) is 0 Å². The summed E-state index contributed by atoms with van der Waals surface area (Å²) in [5.74, 6) is 10.0. The molecule has 0 amide bonds. The third-order valence-electron chi connectivity index (χ3n) is 10.8. The van der Waals surface area contributed by atoms with Crippen LogP contribution in [0.25, 0.3) is 0 Å². The summed E-state index contributed by atoms with van der Waals surface area (Å²) in [5.41, 5.74) is 0.561. The summed E-state index contributed by atoms with van der Waals surface area (Å²) >= 11 is 0. The van der Waals surface area contributed by atoms with Crippen LogP contribution >= 0.6 is 0 Å². The first-order valence-corrected chi connectivity index (χ1v) is 12.2. The van der Waals surface area contributed by atoms with E-state index >= 15 is 0 Å². The van der Waals surface area contributed by atoms with Crippen molar-refractivity contribution >= 4 is 0 Å². The summed E-state index contributed by atoms with van der Waals surface area (Å²) < 4.78 is 12.9. The lowest BCUT2D eigenvalue weighted by Gasteiger charge is -2.57. The first-order chi connectivity index (χ1) is 12.6. The fraction of sp³-hybridized carbons (Fsp3) is 1.00. The largest absolute Gasteiger partial charge is 0.251 e. The highest BCUT2D eigenvalue weighted by Crippen LogP contribution is 2.77. The lowest BCUT2D eigenvalue weighted by Crippen LogP contribution is -2.50. The molecule has 0 aliphatic heterocycles. The van der Waals surface area contributed by atoms with Crippen LogP contribution in [0.2, 0.25) is 0 Å². The average Bonchev–Trinajstić information content (AvgIpc) is 3.20. The van der Waals surface area contributed by atoms with Crippen molar-refractivity contribution in [3.63, 3.8) is 0 Å². The van der Waals surface area contributed by atoms with Crippen LogP contribution < -0.4 is 0 Å². The van der Waals surface area contributed by atoms with E-state index in [0.29, 0.717) is 5.41 Å². The van der Waals surface area contributed by atoms with Gasteiger partial charge in [-0.2, -0.15) is 0 Å². The summed E-state index contributed by atoms with van der Waals surface area (Å²) in [7, 11) is 0. The Kier molecular flexibility index (Phi) is 4.49. The van der Waals surface area contributed by atoms with Crippen LogP contribution in [-0.4, -0.2) is 6.67 Å². The van der Waals surface area contributed by atoms with Gasteiger partial charge in [0.2, 0.25) is 0 Å². The highest BCUT2D eigenvalue weighted by Gasteiger charge is 2.71. The molecule has 11 atom stereocenters. The van der Waals surface area contributed by atoms with Crippen LogP contribution in [0.4, 0.5) is 4.39 Å². The molecule has 0 aromatic carbocycles. The number of fused-ring (bicyclic) bond motifs is 7. The minimum absolute atomic E-state index is 0.0998. The van der Waals surface area contributed by atoms with E-state index in [2.05, 4.69) is 20.8 Å². The van der Waals surface area contributed by atoms with Gasteiger partial charge in [-0.25, -0.2) is 0 Å². The second-order valence-electron chi connectivity index (χ2n) is 11.4. The normalized spacial score (nSPS) is 57.7. The van der Waals surface area contributed by atoms with Gasteiger partial charge in [0.25, 0.3) is 0 Å². The smallest absolute Gasteiger partial charge is 0.0894 e. The predicted octanol–water partition coefficient (Wildman–Crippen LogP) is 7.13. The fourth-order valence-corrected chi connectivity index (χ4v) is 9.74. The van der Waals surface area contributed by atoms with E-state index in [1.165, 1.54) is 44.9 Å². The Morgan fingerprint density at radius 2 is 1.77 bits per heavy atom. The Hall–Kier alpha value is -0.0700. The molecule has 0 heterocycles. The quantitative estimate of drug-likeness (QED) is 0.500. The zero-order valence-corrected chi connectivity index (χ0v) is 17.4. The van der Waals surface area contributed by atoms with Gasteiger partial charge in [0.1, 0.15) is 0 Å². The molecule has 148 valence electrons. The molecule has 5 saturated carbocycles. The second-order valence-corrected chi connectivity index (χ2v) is 11.4. The molecule has 5 rings (SSSR count). The van der Waals surface area contributed by atoms with E-state index in [-0.39, 0.29) is 6.67 Å². The molecule has 0 aromatic heterocycles. The van der Waals surface area contributed by atoms with Crippen LogP contribution in [0.1, 0.15) is 85.0 Å². The van der Waals surface area contributed by atoms with Crippen molar-refractivity contribution < 1.29 is 4.39 Å². The lowest BCUT2D eigenvalue weighted by molar-refractivity contribution is -0.0853. The number of hydrogen-bond acceptors (Lipinski definition) is 0. The van der Waals surface area contributed by atoms with Crippen LogP contribution in [0.3, 0.4) is 0 Å². The van der Waals surface area contributed by atoms with Crippen molar-refractivity contribution in [1.82, 2.24) is 0 Å².